The highest BCUT2D eigenvalue weighted by Gasteiger charge is 2.20. The van der Waals surface area contributed by atoms with Crippen molar-refractivity contribution in [3.8, 4) is 22.9 Å². The van der Waals surface area contributed by atoms with Crippen molar-refractivity contribution in [1.29, 1.82) is 0 Å². The highest BCUT2D eigenvalue weighted by Crippen LogP contribution is 2.37. The topological polar surface area (TPSA) is 86.8 Å². The third-order valence-corrected chi connectivity index (χ3v) is 3.47. The van der Waals surface area contributed by atoms with E-state index in [2.05, 4.69) is 19.9 Å². The molecule has 0 aliphatic heterocycles. The van der Waals surface area contributed by atoms with Gasteiger partial charge in [-0.3, -0.25) is 0 Å². The quantitative estimate of drug-likeness (QED) is 0.789. The Morgan fingerprint density at radius 3 is 2.33 bits per heavy atom. The van der Waals surface area contributed by atoms with Crippen LogP contribution in [0.3, 0.4) is 0 Å². The van der Waals surface area contributed by atoms with Gasteiger partial charge in [0.05, 0.1) is 0 Å². The molecule has 0 amide bonds. The number of anilines is 1. The third kappa shape index (κ3) is 3.15. The number of nitrogen functional groups attached to an aromatic ring is 1. The number of benzene rings is 1. The van der Waals surface area contributed by atoms with Gasteiger partial charge in [0.2, 0.25) is 5.95 Å². The van der Waals surface area contributed by atoms with Crippen molar-refractivity contribution < 1.29 is 9.13 Å². The lowest BCUT2D eigenvalue weighted by Gasteiger charge is -2.16. The van der Waals surface area contributed by atoms with Crippen LogP contribution in [0.1, 0.15) is 25.3 Å². The van der Waals surface area contributed by atoms with Crippen LogP contribution in [0.15, 0.2) is 43.0 Å². The molecule has 1 aromatic carbocycles. The second-order valence-electron chi connectivity index (χ2n) is 5.46. The van der Waals surface area contributed by atoms with Gasteiger partial charge in [-0.05, 0) is 12.0 Å². The monoisotopic (exact) mass is 325 g/mol. The minimum atomic E-state index is -0.512. The van der Waals surface area contributed by atoms with Gasteiger partial charge in [-0.2, -0.15) is 0 Å². The van der Waals surface area contributed by atoms with Gasteiger partial charge in [-0.15, -0.1) is 0 Å². The highest BCUT2D eigenvalue weighted by molar-refractivity contribution is 5.66. The van der Waals surface area contributed by atoms with Crippen molar-refractivity contribution in [3.05, 3.63) is 54.4 Å². The Morgan fingerprint density at radius 1 is 1.04 bits per heavy atom. The lowest BCUT2D eigenvalue weighted by Crippen LogP contribution is -2.02. The largest absolute Gasteiger partial charge is 0.421 e. The lowest BCUT2D eigenvalue weighted by molar-refractivity contribution is 0.404. The number of nitrogens with two attached hydrogens (primary N) is 1. The molecule has 0 atom stereocenters. The number of rotatable bonds is 4. The van der Waals surface area contributed by atoms with E-state index < -0.39 is 5.82 Å². The maximum atomic E-state index is 15.1. The zero-order valence-electron chi connectivity index (χ0n) is 13.3. The van der Waals surface area contributed by atoms with Crippen LogP contribution >= 0.6 is 0 Å². The molecule has 0 fully saturated rings. The lowest BCUT2D eigenvalue weighted by atomic mass is 9.98. The number of aromatic nitrogens is 4. The molecule has 2 N–H and O–H groups in total. The Bertz CT molecular complexity index is 838. The van der Waals surface area contributed by atoms with Gasteiger partial charge < -0.3 is 10.5 Å². The third-order valence-electron chi connectivity index (χ3n) is 3.47. The van der Waals surface area contributed by atoms with E-state index in [1.54, 1.807) is 12.1 Å². The van der Waals surface area contributed by atoms with Crippen molar-refractivity contribution in [2.75, 3.05) is 5.73 Å². The van der Waals surface area contributed by atoms with Gasteiger partial charge in [-0.1, -0.05) is 26.0 Å². The Balaban J connectivity index is 2.10. The van der Waals surface area contributed by atoms with Crippen LogP contribution in [-0.2, 0) is 0 Å². The van der Waals surface area contributed by atoms with Crippen molar-refractivity contribution in [2.24, 2.45) is 0 Å². The minimum Gasteiger partial charge on any atom is -0.421 e. The number of nitrogens with zero attached hydrogens (tertiary/aromatic N) is 4. The fraction of sp³-hybridized carbons (Fsp3) is 0.176. The van der Waals surface area contributed by atoms with Crippen molar-refractivity contribution in [3.63, 3.8) is 0 Å². The molecule has 0 saturated carbocycles. The van der Waals surface area contributed by atoms with Crippen LogP contribution in [0.4, 0.5) is 10.3 Å². The van der Waals surface area contributed by atoms with Crippen LogP contribution in [0.5, 0.6) is 11.8 Å². The molecule has 122 valence electrons. The maximum absolute atomic E-state index is 15.1. The molecule has 0 saturated heterocycles. The standard InChI is InChI=1S/C17H16FN5O/c1-10(2)12-4-5-13(11-8-22-16(19)23-9-11)14(18)15(12)24-17-20-6-3-7-21-17/h3-10H,1-2H3,(H2,19,22,23). The summed E-state index contributed by atoms with van der Waals surface area (Å²) in [4.78, 5) is 15.8. The predicted octanol–water partition coefficient (Wildman–Crippen LogP) is 3.57. The summed E-state index contributed by atoms with van der Waals surface area (Å²) in [6.07, 6.45) is 6.01. The fourth-order valence-electron chi connectivity index (χ4n) is 2.26. The van der Waals surface area contributed by atoms with E-state index in [-0.39, 0.29) is 23.6 Å². The molecule has 0 unspecified atom stereocenters. The van der Waals surface area contributed by atoms with Crippen LogP contribution in [0, 0.1) is 5.82 Å². The summed E-state index contributed by atoms with van der Waals surface area (Å²) in [5.74, 6) is -0.213. The Kier molecular flexibility index (Phi) is 4.33. The molecule has 0 aliphatic carbocycles. The smallest absolute Gasteiger partial charge is 0.321 e. The van der Waals surface area contributed by atoms with Crippen molar-refractivity contribution in [1.82, 2.24) is 19.9 Å². The Morgan fingerprint density at radius 2 is 1.71 bits per heavy atom. The summed E-state index contributed by atoms with van der Waals surface area (Å²) in [5.41, 5.74) is 7.04. The first-order valence-electron chi connectivity index (χ1n) is 7.41. The van der Waals surface area contributed by atoms with Gasteiger partial charge in [0.1, 0.15) is 0 Å². The number of halogens is 1. The molecule has 0 bridgehead atoms. The molecule has 7 heteroatoms. The first kappa shape index (κ1) is 15.8. The van der Waals surface area contributed by atoms with E-state index in [4.69, 9.17) is 10.5 Å². The molecule has 0 radical (unpaired) electrons. The highest BCUT2D eigenvalue weighted by atomic mass is 19.1. The van der Waals surface area contributed by atoms with Crippen LogP contribution in [-0.4, -0.2) is 19.9 Å². The molecule has 2 heterocycles. The summed E-state index contributed by atoms with van der Waals surface area (Å²) >= 11 is 0. The Hall–Kier alpha value is -3.09. The van der Waals surface area contributed by atoms with Gasteiger partial charge in [0.15, 0.2) is 11.6 Å². The predicted molar refractivity (Wildman–Crippen MR) is 88.0 cm³/mol. The molecular formula is C17H16FN5O. The molecule has 0 aliphatic rings. The van der Waals surface area contributed by atoms with Gasteiger partial charge in [0, 0.05) is 41.5 Å². The zero-order valence-corrected chi connectivity index (χ0v) is 13.3. The van der Waals surface area contributed by atoms with Crippen LogP contribution in [0.2, 0.25) is 0 Å². The van der Waals surface area contributed by atoms with Crippen molar-refractivity contribution in [2.45, 2.75) is 19.8 Å². The SMILES string of the molecule is CC(C)c1ccc(-c2cnc(N)nc2)c(F)c1Oc1ncccn1. The first-order valence-corrected chi connectivity index (χ1v) is 7.41. The second-order valence-corrected chi connectivity index (χ2v) is 5.46. The fourth-order valence-corrected chi connectivity index (χ4v) is 2.26. The zero-order chi connectivity index (χ0) is 17.1. The minimum absolute atomic E-state index is 0.0648. The molecule has 3 rings (SSSR count). The molecule has 3 aromatic rings. The number of hydrogen-bond donors (Lipinski definition) is 1. The van der Waals surface area contributed by atoms with E-state index in [0.29, 0.717) is 11.1 Å². The van der Waals surface area contributed by atoms with Crippen LogP contribution in [0.25, 0.3) is 11.1 Å². The number of ether oxygens (including phenoxy) is 1. The summed E-state index contributed by atoms with van der Waals surface area (Å²) in [6, 6.07) is 5.24. The first-order chi connectivity index (χ1) is 11.6. The van der Waals surface area contributed by atoms with E-state index in [1.165, 1.54) is 24.8 Å². The molecule has 0 spiro atoms. The molecule has 6 nitrogen and oxygen atoms in total. The van der Waals surface area contributed by atoms with Gasteiger partial charge in [0.25, 0.3) is 0 Å². The molecule has 2 aromatic heterocycles. The summed E-state index contributed by atoms with van der Waals surface area (Å²) < 4.78 is 20.7. The summed E-state index contributed by atoms with van der Waals surface area (Å²) in [6.45, 7) is 3.92. The van der Waals surface area contributed by atoms with Crippen LogP contribution < -0.4 is 10.5 Å². The van der Waals surface area contributed by atoms with Gasteiger partial charge in [-0.25, -0.2) is 24.3 Å². The molecule has 24 heavy (non-hydrogen) atoms. The van der Waals surface area contributed by atoms with Gasteiger partial charge >= 0.3 is 6.01 Å². The Labute approximate surface area is 138 Å². The normalized spacial score (nSPS) is 10.8. The molecular weight excluding hydrogens is 309 g/mol. The number of hydrogen-bond acceptors (Lipinski definition) is 6. The summed E-state index contributed by atoms with van der Waals surface area (Å²) in [7, 11) is 0. The summed E-state index contributed by atoms with van der Waals surface area (Å²) in [5, 5.41) is 0. The van der Waals surface area contributed by atoms with Crippen molar-refractivity contribution >= 4 is 5.95 Å². The average molecular weight is 325 g/mol. The van der Waals surface area contributed by atoms with E-state index in [0.717, 1.165) is 5.56 Å². The van der Waals surface area contributed by atoms with E-state index >= 15 is 4.39 Å². The van der Waals surface area contributed by atoms with E-state index in [9.17, 15) is 0 Å². The van der Waals surface area contributed by atoms with E-state index in [1.807, 2.05) is 19.9 Å². The average Bonchev–Trinajstić information content (AvgIpc) is 2.58. The maximum Gasteiger partial charge on any atom is 0.321 e. The second kappa shape index (κ2) is 6.57.